The monoisotopic (exact) mass is 327 g/mol. The number of carbonyl (C=O) groups is 1. The molecule has 1 aliphatic heterocycles. The number of nitrogens with one attached hydrogen (secondary N) is 2. The summed E-state index contributed by atoms with van der Waals surface area (Å²) in [5, 5.41) is 0. The minimum absolute atomic E-state index is 0.227. The lowest BCUT2D eigenvalue weighted by molar-refractivity contribution is 0.0943. The van der Waals surface area contributed by atoms with Gasteiger partial charge in [0.1, 0.15) is 11.6 Å². The third kappa shape index (κ3) is 3.56. The van der Waals surface area contributed by atoms with Gasteiger partial charge in [0.05, 0.1) is 24.8 Å². The van der Waals surface area contributed by atoms with E-state index in [0.717, 1.165) is 43.0 Å². The maximum absolute atomic E-state index is 12.3. The summed E-state index contributed by atoms with van der Waals surface area (Å²) in [6.07, 6.45) is 6.68. The molecule has 7 heteroatoms. The Labute approximate surface area is 140 Å². The molecule has 0 aliphatic carbocycles. The first-order valence-electron chi connectivity index (χ1n) is 7.96. The summed E-state index contributed by atoms with van der Waals surface area (Å²) in [6, 6.07) is 5.31. The molecule has 0 saturated carbocycles. The highest BCUT2D eigenvalue weighted by Gasteiger charge is 2.13. The SMILES string of the molecule is COc1cc(C(=O)NNC2=NCCCC2)ccc1-n1cnc(C)c1. The maximum Gasteiger partial charge on any atom is 0.269 e. The van der Waals surface area contributed by atoms with E-state index in [1.807, 2.05) is 23.8 Å². The number of aryl methyl sites for hydroxylation is 1. The fourth-order valence-electron chi connectivity index (χ4n) is 2.59. The molecular formula is C17H21N5O2. The van der Waals surface area contributed by atoms with Crippen molar-refractivity contribution in [1.29, 1.82) is 0 Å². The van der Waals surface area contributed by atoms with Gasteiger partial charge in [0.2, 0.25) is 0 Å². The van der Waals surface area contributed by atoms with Crippen LogP contribution in [0.25, 0.3) is 5.69 Å². The molecule has 0 saturated heterocycles. The van der Waals surface area contributed by atoms with Gasteiger partial charge >= 0.3 is 0 Å². The predicted octanol–water partition coefficient (Wildman–Crippen LogP) is 2.01. The molecule has 24 heavy (non-hydrogen) atoms. The van der Waals surface area contributed by atoms with Crippen LogP contribution < -0.4 is 15.6 Å². The number of ether oxygens (including phenoxy) is 1. The van der Waals surface area contributed by atoms with Gasteiger partial charge in [0, 0.05) is 24.7 Å². The fraction of sp³-hybridized carbons (Fsp3) is 0.353. The molecule has 0 spiro atoms. The molecule has 0 atom stereocenters. The molecule has 0 bridgehead atoms. The number of hydrazine groups is 1. The Morgan fingerprint density at radius 1 is 1.33 bits per heavy atom. The number of benzene rings is 1. The van der Waals surface area contributed by atoms with Crippen LogP contribution in [0.3, 0.4) is 0 Å². The van der Waals surface area contributed by atoms with Crippen LogP contribution in [0.5, 0.6) is 5.75 Å². The molecule has 1 amide bonds. The number of carbonyl (C=O) groups excluding carboxylic acids is 1. The number of methoxy groups -OCH3 is 1. The van der Waals surface area contributed by atoms with E-state index in [4.69, 9.17) is 4.74 Å². The van der Waals surface area contributed by atoms with Gasteiger partial charge in [-0.3, -0.25) is 20.6 Å². The molecule has 1 aromatic carbocycles. The third-order valence-electron chi connectivity index (χ3n) is 3.88. The molecular weight excluding hydrogens is 306 g/mol. The van der Waals surface area contributed by atoms with Crippen LogP contribution in [0, 0.1) is 6.92 Å². The summed E-state index contributed by atoms with van der Waals surface area (Å²) < 4.78 is 7.29. The Bertz CT molecular complexity index is 766. The summed E-state index contributed by atoms with van der Waals surface area (Å²) in [6.45, 7) is 2.73. The van der Waals surface area contributed by atoms with E-state index in [1.54, 1.807) is 25.6 Å². The van der Waals surface area contributed by atoms with Crippen molar-refractivity contribution in [2.45, 2.75) is 26.2 Å². The van der Waals surface area contributed by atoms with Crippen molar-refractivity contribution in [3.63, 3.8) is 0 Å². The van der Waals surface area contributed by atoms with Gasteiger partial charge in [-0.1, -0.05) is 0 Å². The van der Waals surface area contributed by atoms with E-state index in [0.29, 0.717) is 11.3 Å². The molecule has 1 aliphatic rings. The summed E-state index contributed by atoms with van der Waals surface area (Å²) in [5.74, 6) is 1.21. The summed E-state index contributed by atoms with van der Waals surface area (Å²) in [5.41, 5.74) is 7.85. The third-order valence-corrected chi connectivity index (χ3v) is 3.88. The number of aromatic nitrogens is 2. The first-order valence-corrected chi connectivity index (χ1v) is 7.96. The van der Waals surface area contributed by atoms with Gasteiger partial charge in [-0.05, 0) is 38.0 Å². The summed E-state index contributed by atoms with van der Waals surface area (Å²) in [7, 11) is 1.58. The van der Waals surface area contributed by atoms with Gasteiger partial charge in [-0.25, -0.2) is 4.98 Å². The van der Waals surface area contributed by atoms with E-state index >= 15 is 0 Å². The van der Waals surface area contributed by atoms with Crippen LogP contribution >= 0.6 is 0 Å². The van der Waals surface area contributed by atoms with E-state index in [1.165, 1.54) is 0 Å². The topological polar surface area (TPSA) is 80.5 Å². The quantitative estimate of drug-likeness (QED) is 0.845. The Balaban J connectivity index is 1.74. The first-order chi connectivity index (χ1) is 11.7. The van der Waals surface area contributed by atoms with Crippen LogP contribution in [0.15, 0.2) is 35.7 Å². The number of amides is 1. The minimum Gasteiger partial charge on any atom is -0.495 e. The van der Waals surface area contributed by atoms with E-state index in [9.17, 15) is 4.79 Å². The van der Waals surface area contributed by atoms with Crippen LogP contribution in [0.2, 0.25) is 0 Å². The number of amidine groups is 1. The zero-order valence-electron chi connectivity index (χ0n) is 13.9. The minimum atomic E-state index is -0.227. The average molecular weight is 327 g/mol. The second-order valence-corrected chi connectivity index (χ2v) is 5.67. The van der Waals surface area contributed by atoms with Crippen molar-refractivity contribution in [3.05, 3.63) is 42.0 Å². The smallest absolute Gasteiger partial charge is 0.269 e. The zero-order chi connectivity index (χ0) is 16.9. The Morgan fingerprint density at radius 2 is 2.21 bits per heavy atom. The highest BCUT2D eigenvalue weighted by atomic mass is 16.5. The predicted molar refractivity (Wildman–Crippen MR) is 91.6 cm³/mol. The summed E-state index contributed by atoms with van der Waals surface area (Å²) >= 11 is 0. The Kier molecular flexibility index (Phi) is 4.79. The summed E-state index contributed by atoms with van der Waals surface area (Å²) in [4.78, 5) is 20.9. The van der Waals surface area contributed by atoms with Crippen LogP contribution in [0.1, 0.15) is 35.3 Å². The van der Waals surface area contributed by atoms with E-state index < -0.39 is 0 Å². The van der Waals surface area contributed by atoms with Crippen LogP contribution in [0.4, 0.5) is 0 Å². The lowest BCUT2D eigenvalue weighted by Gasteiger charge is -2.15. The highest BCUT2D eigenvalue weighted by molar-refractivity contribution is 5.96. The van der Waals surface area contributed by atoms with Crippen molar-refractivity contribution >= 4 is 11.7 Å². The fourth-order valence-corrected chi connectivity index (χ4v) is 2.59. The highest BCUT2D eigenvalue weighted by Crippen LogP contribution is 2.24. The van der Waals surface area contributed by atoms with Crippen LogP contribution in [-0.4, -0.2) is 34.9 Å². The molecule has 2 N–H and O–H groups in total. The number of hydrogen-bond donors (Lipinski definition) is 2. The number of nitrogens with zero attached hydrogens (tertiary/aromatic N) is 3. The molecule has 7 nitrogen and oxygen atoms in total. The van der Waals surface area contributed by atoms with Gasteiger partial charge in [0.15, 0.2) is 0 Å². The molecule has 2 heterocycles. The first kappa shape index (κ1) is 16.0. The average Bonchev–Trinajstić information content (AvgIpc) is 3.06. The number of aliphatic imine (C=N–C) groups is 1. The molecule has 1 aromatic heterocycles. The number of rotatable bonds is 3. The van der Waals surface area contributed by atoms with Gasteiger partial charge in [0.25, 0.3) is 5.91 Å². The largest absolute Gasteiger partial charge is 0.495 e. The van der Waals surface area contributed by atoms with E-state index in [-0.39, 0.29) is 5.91 Å². The second-order valence-electron chi connectivity index (χ2n) is 5.67. The Morgan fingerprint density at radius 3 is 2.88 bits per heavy atom. The normalized spacial score (nSPS) is 14.0. The molecule has 2 aromatic rings. The van der Waals surface area contributed by atoms with Crippen molar-refractivity contribution in [3.8, 4) is 11.4 Å². The van der Waals surface area contributed by atoms with Crippen molar-refractivity contribution in [2.75, 3.05) is 13.7 Å². The van der Waals surface area contributed by atoms with E-state index in [2.05, 4.69) is 20.8 Å². The standard InChI is InChI=1S/C17H21N5O2/c1-12-10-22(11-19-12)14-7-6-13(9-15(14)24-2)17(23)21-20-16-5-3-4-8-18-16/h6-7,9-11H,3-5,8H2,1-2H3,(H,18,20)(H,21,23). The number of hydrogen-bond acceptors (Lipinski definition) is 5. The van der Waals surface area contributed by atoms with Gasteiger partial charge < -0.3 is 9.30 Å². The van der Waals surface area contributed by atoms with Crippen molar-refractivity contribution in [2.24, 2.45) is 4.99 Å². The zero-order valence-corrected chi connectivity index (χ0v) is 13.9. The molecule has 0 radical (unpaired) electrons. The molecule has 3 rings (SSSR count). The molecule has 0 fully saturated rings. The number of imidazole rings is 1. The van der Waals surface area contributed by atoms with Crippen LogP contribution in [-0.2, 0) is 0 Å². The maximum atomic E-state index is 12.3. The lowest BCUT2D eigenvalue weighted by Crippen LogP contribution is -2.42. The van der Waals surface area contributed by atoms with Crippen molar-refractivity contribution < 1.29 is 9.53 Å². The Hall–Kier alpha value is -2.83. The van der Waals surface area contributed by atoms with Gasteiger partial charge in [-0.2, -0.15) is 0 Å². The second kappa shape index (κ2) is 7.16. The lowest BCUT2D eigenvalue weighted by atomic mass is 10.1. The molecule has 0 unspecified atom stereocenters. The molecule has 126 valence electrons. The van der Waals surface area contributed by atoms with Crippen molar-refractivity contribution in [1.82, 2.24) is 20.4 Å². The van der Waals surface area contributed by atoms with Gasteiger partial charge in [-0.15, -0.1) is 0 Å².